The van der Waals surface area contributed by atoms with Crippen LogP contribution in [0.3, 0.4) is 0 Å². The highest BCUT2D eigenvalue weighted by atomic mass is 31.1. The Morgan fingerprint density at radius 3 is 2.76 bits per heavy atom. The zero-order chi connectivity index (χ0) is 35.7. The first kappa shape index (κ1) is 34.8. The molecule has 1 saturated heterocycles. The zero-order valence-corrected chi connectivity index (χ0v) is 27.7. The van der Waals surface area contributed by atoms with Crippen LogP contribution in [0.15, 0.2) is 65.7 Å². The van der Waals surface area contributed by atoms with Crippen LogP contribution in [0.2, 0.25) is 0 Å². The van der Waals surface area contributed by atoms with Gasteiger partial charge in [-0.05, 0) is 37.4 Å². The predicted octanol–water partition coefficient (Wildman–Crippen LogP) is 3.30. The predicted molar refractivity (Wildman–Crippen MR) is 172 cm³/mol. The Kier molecular flexibility index (Phi) is 9.78. The molecule has 0 aliphatic carbocycles. The Hall–Kier alpha value is -5.06. The molecule has 6 rings (SSSR count). The fourth-order valence-corrected chi connectivity index (χ4v) is 6.17. The molecule has 0 bridgehead atoms. The Morgan fingerprint density at radius 2 is 2.00 bits per heavy atom. The molecule has 15 nitrogen and oxygen atoms in total. The molecule has 4 N–H and O–H groups in total. The van der Waals surface area contributed by atoms with E-state index in [9.17, 15) is 28.7 Å². The number of methoxy groups -OCH3 is 1. The van der Waals surface area contributed by atoms with Crippen LogP contribution in [0.1, 0.15) is 25.6 Å². The number of benzene rings is 3. The van der Waals surface area contributed by atoms with Gasteiger partial charge in [0.25, 0.3) is 0 Å². The topological polar surface area (TPSA) is 209 Å². The molecule has 1 aliphatic heterocycles. The standard InChI is InChI=1S/C32H31F2N6O9P/c1-16(29(42)47-13-18-8-10-19(33)12-21(18)34)39-50(44)49-25-20-7-5-4-6-17(20)9-11-22(25)46-14-23-26(41)32(2,43)30(48-23)40-15-36-24-27(40)37-31(35)38-28(24)45-3/h4-12,15-16,23,26,30,41,43H,13-14H2,1-3H3,(H2,35,37,38)/t16-,23+,26+,30?,32+/m0/s1. The number of carbonyl (C=O) groups is 1. The molecule has 6 atom stereocenters. The summed E-state index contributed by atoms with van der Waals surface area (Å²) in [5, 5.41) is 23.7. The average Bonchev–Trinajstić information content (AvgIpc) is 3.59. The van der Waals surface area contributed by atoms with Gasteiger partial charge in [0, 0.05) is 17.0 Å². The summed E-state index contributed by atoms with van der Waals surface area (Å²) in [6.45, 7) is 1.92. The Labute approximate surface area is 283 Å². The van der Waals surface area contributed by atoms with E-state index in [1.54, 1.807) is 36.4 Å². The Balaban J connectivity index is 1.19. The van der Waals surface area contributed by atoms with Crippen molar-refractivity contribution in [3.8, 4) is 17.4 Å². The summed E-state index contributed by atoms with van der Waals surface area (Å²) >= 11 is 0. The molecular formula is C32H31F2N6O9P. The van der Waals surface area contributed by atoms with Gasteiger partial charge in [0.15, 0.2) is 29.2 Å². The fraction of sp³-hybridized carbons (Fsp3) is 0.312. The van der Waals surface area contributed by atoms with Crippen molar-refractivity contribution in [3.63, 3.8) is 0 Å². The number of halogens is 2. The van der Waals surface area contributed by atoms with Gasteiger partial charge in [-0.2, -0.15) is 9.97 Å². The molecule has 1 aliphatic rings. The lowest BCUT2D eigenvalue weighted by molar-refractivity contribution is -0.169. The highest BCUT2D eigenvalue weighted by Crippen LogP contribution is 2.43. The lowest BCUT2D eigenvalue weighted by Gasteiger charge is -2.27. The number of aromatic nitrogens is 4. The third kappa shape index (κ3) is 6.86. The van der Waals surface area contributed by atoms with Crippen LogP contribution in [0.4, 0.5) is 14.7 Å². The number of nitrogens with two attached hydrogens (primary N) is 1. The molecule has 3 heterocycles. The van der Waals surface area contributed by atoms with E-state index in [1.807, 2.05) is 0 Å². The summed E-state index contributed by atoms with van der Waals surface area (Å²) in [7, 11) is -1.49. The third-order valence-corrected chi connectivity index (χ3v) is 8.89. The summed E-state index contributed by atoms with van der Waals surface area (Å²) in [4.78, 5) is 38.1. The largest absolute Gasteiger partial charge is 0.575 e. The number of anilines is 1. The summed E-state index contributed by atoms with van der Waals surface area (Å²) < 4.78 is 60.5. The number of hydrogen-bond acceptors (Lipinski definition) is 14. The van der Waals surface area contributed by atoms with E-state index in [0.717, 1.165) is 12.1 Å². The monoisotopic (exact) mass is 712 g/mol. The number of esters is 1. The molecule has 3 aromatic carbocycles. The van der Waals surface area contributed by atoms with E-state index in [0.29, 0.717) is 16.8 Å². The fourth-order valence-electron chi connectivity index (χ4n) is 5.40. The lowest BCUT2D eigenvalue weighted by Crippen LogP contribution is -2.44. The summed E-state index contributed by atoms with van der Waals surface area (Å²) in [5.41, 5.74) is 4.39. The van der Waals surface area contributed by atoms with Crippen molar-refractivity contribution in [2.24, 2.45) is 4.74 Å². The van der Waals surface area contributed by atoms with Crippen molar-refractivity contribution < 1.29 is 52.2 Å². The molecule has 0 spiro atoms. The molecule has 0 saturated carbocycles. The van der Waals surface area contributed by atoms with Gasteiger partial charge in [0.05, 0.1) is 13.4 Å². The number of aliphatic hydroxyl groups is 2. The van der Waals surface area contributed by atoms with Gasteiger partial charge in [-0.15, -0.1) is 0 Å². The van der Waals surface area contributed by atoms with E-state index in [1.165, 1.54) is 31.9 Å². The molecule has 5 aromatic rings. The average molecular weight is 713 g/mol. The van der Waals surface area contributed by atoms with Crippen molar-refractivity contribution in [3.05, 3.63) is 78.1 Å². The van der Waals surface area contributed by atoms with Crippen LogP contribution >= 0.6 is 8.17 Å². The van der Waals surface area contributed by atoms with E-state index in [2.05, 4.69) is 19.7 Å². The highest BCUT2D eigenvalue weighted by Gasteiger charge is 2.54. The zero-order valence-electron chi connectivity index (χ0n) is 26.8. The van der Waals surface area contributed by atoms with Gasteiger partial charge in [-0.25, -0.2) is 18.6 Å². The molecule has 0 radical (unpaired) electrons. The second-order valence-corrected chi connectivity index (χ2v) is 12.4. The van der Waals surface area contributed by atoms with Gasteiger partial charge >= 0.3 is 14.1 Å². The van der Waals surface area contributed by atoms with Crippen molar-refractivity contribution >= 4 is 42.0 Å². The molecule has 2 aromatic heterocycles. The van der Waals surface area contributed by atoms with Crippen LogP contribution in [0.25, 0.3) is 21.9 Å². The maximum Gasteiger partial charge on any atom is 0.395 e. The minimum Gasteiger partial charge on any atom is -0.575 e. The molecule has 1 fully saturated rings. The number of imidazole rings is 1. The smallest absolute Gasteiger partial charge is 0.395 e. The summed E-state index contributed by atoms with van der Waals surface area (Å²) in [6, 6.07) is 11.9. The van der Waals surface area contributed by atoms with Crippen molar-refractivity contribution in [2.45, 2.75) is 50.5 Å². The first-order valence-corrected chi connectivity index (χ1v) is 16.2. The van der Waals surface area contributed by atoms with Crippen LogP contribution in [0, 0.1) is 11.6 Å². The number of carbonyl (C=O) groups excluding carboxylic acids is 1. The molecule has 262 valence electrons. The van der Waals surface area contributed by atoms with E-state index in [-0.39, 0.29) is 46.7 Å². The van der Waals surface area contributed by atoms with Gasteiger partial charge in [0.1, 0.15) is 42.7 Å². The molecule has 2 unspecified atom stereocenters. The van der Waals surface area contributed by atoms with E-state index < -0.39 is 62.5 Å². The molecule has 18 heteroatoms. The number of nitrogen functional groups attached to an aromatic ring is 1. The number of hydrogen-bond donors (Lipinski definition) is 3. The number of rotatable bonds is 11. The van der Waals surface area contributed by atoms with Crippen LogP contribution < -0.4 is 24.6 Å². The van der Waals surface area contributed by atoms with Crippen molar-refractivity contribution in [1.82, 2.24) is 19.5 Å². The second kappa shape index (κ2) is 14.0. The van der Waals surface area contributed by atoms with Gasteiger partial charge < -0.3 is 39.8 Å². The quantitative estimate of drug-likeness (QED) is 0.133. The molecular weight excluding hydrogens is 681 g/mol. The summed E-state index contributed by atoms with van der Waals surface area (Å²) in [6.07, 6.45) is -2.38. The van der Waals surface area contributed by atoms with Crippen LogP contribution in [-0.2, 0) is 20.9 Å². The summed E-state index contributed by atoms with van der Waals surface area (Å²) in [5.74, 6) is -2.44. The van der Waals surface area contributed by atoms with Gasteiger partial charge in [0.2, 0.25) is 17.6 Å². The maximum absolute atomic E-state index is 13.9. The number of aliphatic hydroxyl groups excluding tert-OH is 1. The molecule has 50 heavy (non-hydrogen) atoms. The van der Waals surface area contributed by atoms with Crippen molar-refractivity contribution in [2.75, 3.05) is 19.5 Å². The third-order valence-electron chi connectivity index (χ3n) is 8.02. The van der Waals surface area contributed by atoms with Gasteiger partial charge in [-0.1, -0.05) is 35.1 Å². The normalized spacial score (nSPS) is 21.4. The second-order valence-electron chi connectivity index (χ2n) is 11.5. The number of nitrogens with zero attached hydrogens (tertiary/aromatic N) is 5. The Bertz CT molecular complexity index is 2100. The number of fused-ring (bicyclic) bond motifs is 2. The Morgan fingerprint density at radius 1 is 1.22 bits per heavy atom. The lowest BCUT2D eigenvalue weighted by atomic mass is 9.96. The first-order chi connectivity index (χ1) is 23.9. The highest BCUT2D eigenvalue weighted by molar-refractivity contribution is 7.34. The minimum absolute atomic E-state index is 0.0255. The SMILES string of the molecule is COc1nc(N)nc2c1ncn2C1O[C@H](COc2ccc3ccccc3c2O[P+]([O-])=N[C@@H](C)C(=O)OCc2ccc(F)cc2F)[C@@H](O)[C@@]1(C)O. The number of ether oxygens (including phenoxy) is 4. The van der Waals surface area contributed by atoms with Crippen molar-refractivity contribution in [1.29, 1.82) is 0 Å². The van der Waals surface area contributed by atoms with E-state index >= 15 is 0 Å². The van der Waals surface area contributed by atoms with Crippen LogP contribution in [-0.4, -0.2) is 73.3 Å². The minimum atomic E-state index is -2.89. The van der Waals surface area contributed by atoms with Gasteiger partial charge in [-0.3, -0.25) is 9.09 Å². The molecule has 0 amide bonds. The van der Waals surface area contributed by atoms with Crippen LogP contribution in [0.5, 0.6) is 17.4 Å². The van der Waals surface area contributed by atoms with E-state index in [4.69, 9.17) is 29.2 Å². The maximum atomic E-state index is 13.9. The first-order valence-electron chi connectivity index (χ1n) is 15.1.